The zero-order valence-electron chi connectivity index (χ0n) is 23.0. The molecule has 4 rings (SSSR count). The highest BCUT2D eigenvalue weighted by molar-refractivity contribution is 5.78. The number of hydrogen-bond acceptors (Lipinski definition) is 6. The summed E-state index contributed by atoms with van der Waals surface area (Å²) in [5.41, 5.74) is 5.05. The number of terminal acetylenes is 1. The Bertz CT molecular complexity index is 1160. The van der Waals surface area contributed by atoms with Crippen LogP contribution in [0.5, 0.6) is 0 Å². The molecule has 0 unspecified atom stereocenters. The number of benzene rings is 1. The molecule has 7 heteroatoms. The third kappa shape index (κ3) is 9.08. The number of rotatable bonds is 7. The molecule has 0 atom stereocenters. The van der Waals surface area contributed by atoms with Crippen molar-refractivity contribution in [3.63, 3.8) is 0 Å². The summed E-state index contributed by atoms with van der Waals surface area (Å²) in [5.74, 6) is 4.57. The predicted molar refractivity (Wildman–Crippen MR) is 156 cm³/mol. The largest absolute Gasteiger partial charge is 0.383 e. The van der Waals surface area contributed by atoms with Gasteiger partial charge in [0.15, 0.2) is 5.82 Å². The molecule has 37 heavy (non-hydrogen) atoms. The van der Waals surface area contributed by atoms with Gasteiger partial charge in [-0.3, -0.25) is 5.10 Å². The molecule has 2 aromatic heterocycles. The number of nitrogens with zero attached hydrogens (tertiary/aromatic N) is 4. The van der Waals surface area contributed by atoms with Crippen molar-refractivity contribution in [3.05, 3.63) is 67.3 Å². The van der Waals surface area contributed by atoms with Crippen LogP contribution in [0.25, 0.3) is 28.1 Å². The fourth-order valence-electron chi connectivity index (χ4n) is 3.82. The summed E-state index contributed by atoms with van der Waals surface area (Å²) in [7, 11) is 4.01. The molecule has 1 aromatic carbocycles. The molecule has 0 radical (unpaired) electrons. The maximum atomic E-state index is 8.00. The van der Waals surface area contributed by atoms with Gasteiger partial charge in [0.05, 0.1) is 6.20 Å². The lowest BCUT2D eigenvalue weighted by Crippen LogP contribution is -2.34. The average Bonchev–Trinajstić information content (AvgIpc) is 3.44. The summed E-state index contributed by atoms with van der Waals surface area (Å²) < 4.78 is 0. The van der Waals surface area contributed by atoms with E-state index in [0.29, 0.717) is 11.9 Å². The van der Waals surface area contributed by atoms with Gasteiger partial charge in [-0.15, -0.1) is 12.3 Å². The molecule has 0 spiro atoms. The standard InChI is InChI=1S/C24H28N6.C3H4.C2H6.CH2O/c1-5-17(15-30(3)4)18-7-6-8-19(11-18)23-25-14-22(20-12-26-27-13-20)24(29-23)28-21-9-16(2)10-21;1-3-2;2*1-2/h5-8,11-16,21H,1,9-10H2,2-4H3,(H,26,27)(H,25,28,29);1H,2H3;1-2H3;1H2/b17-15+;;;. The number of aromatic nitrogens is 4. The number of H-pyrrole nitrogens is 1. The third-order valence-corrected chi connectivity index (χ3v) is 5.38. The number of carbonyl (C=O) groups excluding carboxylic acids is 1. The Hall–Kier alpha value is -4.18. The van der Waals surface area contributed by atoms with Gasteiger partial charge in [-0.2, -0.15) is 5.10 Å². The number of allylic oxidation sites excluding steroid dienone is 2. The van der Waals surface area contributed by atoms with Gasteiger partial charge in [0.2, 0.25) is 0 Å². The van der Waals surface area contributed by atoms with Crippen molar-refractivity contribution < 1.29 is 4.79 Å². The van der Waals surface area contributed by atoms with Gasteiger partial charge in [-0.05, 0) is 42.9 Å². The zero-order valence-corrected chi connectivity index (χ0v) is 23.0. The summed E-state index contributed by atoms with van der Waals surface area (Å²) in [6.07, 6.45) is 16.4. The van der Waals surface area contributed by atoms with Crippen molar-refractivity contribution in [1.82, 2.24) is 25.1 Å². The molecule has 1 fully saturated rings. The fraction of sp³-hybridized carbons (Fsp3) is 0.333. The smallest absolute Gasteiger partial charge is 0.161 e. The highest BCUT2D eigenvalue weighted by atomic mass is 16.1. The van der Waals surface area contributed by atoms with Crippen LogP contribution in [0.15, 0.2) is 61.7 Å². The predicted octanol–water partition coefficient (Wildman–Crippen LogP) is 6.31. The van der Waals surface area contributed by atoms with Crippen molar-refractivity contribution in [2.75, 3.05) is 19.4 Å². The fourth-order valence-corrected chi connectivity index (χ4v) is 3.82. The van der Waals surface area contributed by atoms with Crippen molar-refractivity contribution in [3.8, 4) is 34.9 Å². The molecule has 0 saturated heterocycles. The molecule has 0 aliphatic heterocycles. The Labute approximate surface area is 222 Å². The molecule has 0 amide bonds. The summed E-state index contributed by atoms with van der Waals surface area (Å²) in [4.78, 5) is 19.6. The van der Waals surface area contributed by atoms with E-state index in [9.17, 15) is 0 Å². The highest BCUT2D eigenvalue weighted by Gasteiger charge is 2.26. The lowest BCUT2D eigenvalue weighted by molar-refractivity contribution is -0.0979. The van der Waals surface area contributed by atoms with Crippen LogP contribution in [0.4, 0.5) is 5.82 Å². The van der Waals surface area contributed by atoms with E-state index in [2.05, 4.69) is 64.7 Å². The van der Waals surface area contributed by atoms with E-state index in [1.54, 1.807) is 13.1 Å². The summed E-state index contributed by atoms with van der Waals surface area (Å²) in [6, 6.07) is 8.72. The van der Waals surface area contributed by atoms with Gasteiger partial charge in [0.25, 0.3) is 0 Å². The molecule has 196 valence electrons. The van der Waals surface area contributed by atoms with E-state index < -0.39 is 0 Å². The van der Waals surface area contributed by atoms with Gasteiger partial charge >= 0.3 is 0 Å². The highest BCUT2D eigenvalue weighted by Crippen LogP contribution is 2.34. The molecule has 0 bridgehead atoms. The van der Waals surface area contributed by atoms with Crippen molar-refractivity contribution in [2.45, 2.75) is 46.6 Å². The van der Waals surface area contributed by atoms with E-state index in [0.717, 1.165) is 52.4 Å². The Morgan fingerprint density at radius 2 is 1.89 bits per heavy atom. The van der Waals surface area contributed by atoms with E-state index in [1.807, 2.05) is 70.2 Å². The maximum absolute atomic E-state index is 8.00. The number of aromatic amines is 1. The van der Waals surface area contributed by atoms with Crippen LogP contribution in [0, 0.1) is 18.3 Å². The van der Waals surface area contributed by atoms with Crippen LogP contribution in [0.1, 0.15) is 46.1 Å². The Kier molecular flexibility index (Phi) is 13.7. The monoisotopic (exact) mass is 500 g/mol. The number of nitrogens with one attached hydrogen (secondary N) is 2. The first-order valence-corrected chi connectivity index (χ1v) is 12.4. The Morgan fingerprint density at radius 3 is 2.43 bits per heavy atom. The van der Waals surface area contributed by atoms with Gasteiger partial charge in [-0.25, -0.2) is 9.97 Å². The number of anilines is 1. The lowest BCUT2D eigenvalue weighted by Gasteiger charge is -2.34. The van der Waals surface area contributed by atoms with Crippen LogP contribution < -0.4 is 5.32 Å². The second-order valence-electron chi connectivity index (χ2n) is 8.48. The minimum absolute atomic E-state index is 0.454. The molecular weight excluding hydrogens is 460 g/mol. The van der Waals surface area contributed by atoms with Gasteiger partial charge in [0, 0.05) is 55.4 Å². The number of carbonyl (C=O) groups is 1. The first kappa shape index (κ1) is 30.9. The first-order valence-electron chi connectivity index (χ1n) is 12.4. The molecule has 7 nitrogen and oxygen atoms in total. The molecule has 1 saturated carbocycles. The second-order valence-corrected chi connectivity index (χ2v) is 8.48. The number of hydrogen-bond donors (Lipinski definition) is 2. The average molecular weight is 501 g/mol. The summed E-state index contributed by atoms with van der Waals surface area (Å²) in [5, 5.41) is 10.6. The summed E-state index contributed by atoms with van der Waals surface area (Å²) >= 11 is 0. The Morgan fingerprint density at radius 1 is 1.22 bits per heavy atom. The normalized spacial score (nSPS) is 15.5. The SMILES string of the molecule is C#CC.C=C/C(=C\N(C)C)c1cccc(-c2ncc(-c3cn[nH]c3)c(NC3CC(C)C3)n2)c1.C=O.CC. The van der Waals surface area contributed by atoms with Crippen molar-refractivity contribution in [2.24, 2.45) is 5.92 Å². The maximum Gasteiger partial charge on any atom is 0.161 e. The van der Waals surface area contributed by atoms with Crippen LogP contribution in [0.2, 0.25) is 0 Å². The molecule has 2 heterocycles. The van der Waals surface area contributed by atoms with Crippen LogP contribution in [-0.4, -0.2) is 52.0 Å². The van der Waals surface area contributed by atoms with Gasteiger partial charge < -0.3 is 15.0 Å². The van der Waals surface area contributed by atoms with E-state index >= 15 is 0 Å². The van der Waals surface area contributed by atoms with E-state index in [4.69, 9.17) is 9.78 Å². The minimum Gasteiger partial charge on any atom is -0.383 e. The third-order valence-electron chi connectivity index (χ3n) is 5.38. The molecule has 2 N–H and O–H groups in total. The molecular formula is C30H40N6O. The summed E-state index contributed by atoms with van der Waals surface area (Å²) in [6.45, 7) is 13.9. The molecule has 3 aromatic rings. The second kappa shape index (κ2) is 16.5. The van der Waals surface area contributed by atoms with Crippen molar-refractivity contribution >= 4 is 18.2 Å². The minimum atomic E-state index is 0.454. The zero-order chi connectivity index (χ0) is 27.8. The van der Waals surface area contributed by atoms with Crippen molar-refractivity contribution in [1.29, 1.82) is 0 Å². The van der Waals surface area contributed by atoms with Crippen LogP contribution in [-0.2, 0) is 4.79 Å². The van der Waals surface area contributed by atoms with Gasteiger partial charge in [0.1, 0.15) is 12.6 Å². The lowest BCUT2D eigenvalue weighted by atomic mass is 9.82. The van der Waals surface area contributed by atoms with Gasteiger partial charge in [-0.1, -0.05) is 51.6 Å². The topological polar surface area (TPSA) is 86.8 Å². The van der Waals surface area contributed by atoms with E-state index in [-0.39, 0.29) is 0 Å². The van der Waals surface area contributed by atoms with Crippen LogP contribution in [0.3, 0.4) is 0 Å². The quantitative estimate of drug-likeness (QED) is 0.292. The molecule has 1 aliphatic carbocycles. The molecule has 1 aliphatic rings. The van der Waals surface area contributed by atoms with Crippen LogP contribution >= 0.6 is 0 Å². The Balaban J connectivity index is 0.000000894. The first-order chi connectivity index (χ1) is 17.9. The van der Waals surface area contributed by atoms with E-state index in [1.165, 1.54) is 0 Å².